The Morgan fingerprint density at radius 2 is 1.89 bits per heavy atom. The molecule has 0 spiro atoms. The highest BCUT2D eigenvalue weighted by Gasteiger charge is 2.18. The first-order valence-electron chi connectivity index (χ1n) is 5.00. The zero-order valence-corrected chi connectivity index (χ0v) is 9.23. The molecule has 0 saturated carbocycles. The van der Waals surface area contributed by atoms with Gasteiger partial charge < -0.3 is 9.84 Å². The van der Waals surface area contributed by atoms with Crippen molar-refractivity contribution in [2.24, 2.45) is 0 Å². The minimum Gasteiger partial charge on any atom is -0.478 e. The number of hydrogen-bond donors (Lipinski definition) is 1. The van der Waals surface area contributed by atoms with Gasteiger partial charge in [-0.1, -0.05) is 6.07 Å². The van der Waals surface area contributed by atoms with E-state index in [1.807, 2.05) is 0 Å². The smallest absolute Gasteiger partial charge is 0.338 e. The summed E-state index contributed by atoms with van der Waals surface area (Å²) in [7, 11) is 0. The molecule has 7 heteroatoms. The molecule has 2 rings (SSSR count). The number of carboxylic acid groups (broad SMARTS) is 1. The maximum absolute atomic E-state index is 13.7. The van der Waals surface area contributed by atoms with Gasteiger partial charge in [0, 0.05) is 6.20 Å². The predicted molar refractivity (Wildman–Crippen MR) is 57.6 cm³/mol. The lowest BCUT2D eigenvalue weighted by Gasteiger charge is -2.07. The van der Waals surface area contributed by atoms with Crippen LogP contribution >= 0.6 is 0 Å². The molecule has 2 aromatic rings. The molecule has 0 saturated heterocycles. The van der Waals surface area contributed by atoms with Crippen LogP contribution in [0.1, 0.15) is 10.4 Å². The Morgan fingerprint density at radius 3 is 2.58 bits per heavy atom. The number of carbonyl (C=O) groups is 1. The fraction of sp³-hybridized carbons (Fsp3) is 0. The second-order valence-corrected chi connectivity index (χ2v) is 3.44. The highest BCUT2D eigenvalue weighted by molar-refractivity contribution is 5.88. The molecule has 0 unspecified atom stereocenters. The summed E-state index contributed by atoms with van der Waals surface area (Å²) in [5.41, 5.74) is -0.679. The SMILES string of the molecule is O=C(O)c1ccnc(Oc2cccc(F)c2F)c1F. The van der Waals surface area contributed by atoms with Gasteiger partial charge in [0.15, 0.2) is 17.4 Å². The number of benzene rings is 1. The fourth-order valence-corrected chi connectivity index (χ4v) is 1.33. The number of aromatic carboxylic acids is 1. The molecule has 0 atom stereocenters. The van der Waals surface area contributed by atoms with Crippen molar-refractivity contribution < 1.29 is 27.8 Å². The number of hydrogen-bond acceptors (Lipinski definition) is 3. The first kappa shape index (κ1) is 12.9. The molecule has 1 aromatic heterocycles. The molecule has 0 bridgehead atoms. The van der Waals surface area contributed by atoms with E-state index in [1.54, 1.807) is 0 Å². The van der Waals surface area contributed by atoms with Crippen LogP contribution in [0.5, 0.6) is 11.6 Å². The van der Waals surface area contributed by atoms with E-state index in [1.165, 1.54) is 0 Å². The number of pyridine rings is 1. The number of ether oxygens (including phenoxy) is 1. The van der Waals surface area contributed by atoms with Gasteiger partial charge >= 0.3 is 5.97 Å². The molecule has 0 aliphatic heterocycles. The highest BCUT2D eigenvalue weighted by Crippen LogP contribution is 2.27. The van der Waals surface area contributed by atoms with Gasteiger partial charge in [0.25, 0.3) is 5.88 Å². The van der Waals surface area contributed by atoms with Crippen molar-refractivity contribution in [3.05, 3.63) is 53.5 Å². The molecule has 1 aromatic carbocycles. The van der Waals surface area contributed by atoms with Gasteiger partial charge in [0.1, 0.15) is 5.56 Å². The van der Waals surface area contributed by atoms with Gasteiger partial charge in [-0.05, 0) is 18.2 Å². The van der Waals surface area contributed by atoms with E-state index in [4.69, 9.17) is 9.84 Å². The van der Waals surface area contributed by atoms with Gasteiger partial charge in [0.2, 0.25) is 5.82 Å². The maximum atomic E-state index is 13.7. The molecule has 0 amide bonds. The summed E-state index contributed by atoms with van der Waals surface area (Å²) in [4.78, 5) is 14.1. The summed E-state index contributed by atoms with van der Waals surface area (Å²) in [6.45, 7) is 0. The number of rotatable bonds is 3. The van der Waals surface area contributed by atoms with Crippen LogP contribution in [0.15, 0.2) is 30.5 Å². The average Bonchev–Trinajstić information content (AvgIpc) is 2.37. The quantitative estimate of drug-likeness (QED) is 0.930. The molecule has 0 radical (unpaired) electrons. The van der Waals surface area contributed by atoms with Crippen LogP contribution in [0.25, 0.3) is 0 Å². The molecule has 0 aliphatic rings. The molecule has 0 aliphatic carbocycles. The van der Waals surface area contributed by atoms with Crippen LogP contribution in [-0.4, -0.2) is 16.1 Å². The summed E-state index contributed by atoms with van der Waals surface area (Å²) in [6.07, 6.45) is 0.985. The zero-order valence-electron chi connectivity index (χ0n) is 9.23. The van der Waals surface area contributed by atoms with Crippen molar-refractivity contribution in [3.8, 4) is 11.6 Å². The van der Waals surface area contributed by atoms with Crippen LogP contribution < -0.4 is 4.74 Å². The Bertz CT molecular complexity index is 646. The first-order chi connectivity index (χ1) is 9.00. The van der Waals surface area contributed by atoms with E-state index in [0.717, 1.165) is 30.5 Å². The van der Waals surface area contributed by atoms with Crippen LogP contribution in [0.2, 0.25) is 0 Å². The first-order valence-corrected chi connectivity index (χ1v) is 5.00. The van der Waals surface area contributed by atoms with E-state index in [2.05, 4.69) is 4.98 Å². The fourth-order valence-electron chi connectivity index (χ4n) is 1.33. The van der Waals surface area contributed by atoms with E-state index in [-0.39, 0.29) is 0 Å². The van der Waals surface area contributed by atoms with Gasteiger partial charge in [-0.25, -0.2) is 18.6 Å². The molecular weight excluding hydrogens is 263 g/mol. The van der Waals surface area contributed by atoms with Gasteiger partial charge in [0.05, 0.1) is 0 Å². The Hall–Kier alpha value is -2.57. The van der Waals surface area contributed by atoms with Crippen molar-refractivity contribution in [2.45, 2.75) is 0 Å². The monoisotopic (exact) mass is 269 g/mol. The minimum absolute atomic E-state index is 0.589. The lowest BCUT2D eigenvalue weighted by atomic mass is 10.2. The normalized spacial score (nSPS) is 10.3. The van der Waals surface area contributed by atoms with Crippen molar-refractivity contribution >= 4 is 5.97 Å². The highest BCUT2D eigenvalue weighted by atomic mass is 19.2. The van der Waals surface area contributed by atoms with Crippen LogP contribution in [0.4, 0.5) is 13.2 Å². The van der Waals surface area contributed by atoms with E-state index in [9.17, 15) is 18.0 Å². The van der Waals surface area contributed by atoms with Crippen LogP contribution in [-0.2, 0) is 0 Å². The third-order valence-corrected chi connectivity index (χ3v) is 2.21. The van der Waals surface area contributed by atoms with E-state index < -0.39 is 40.6 Å². The Labute approximate surface area is 105 Å². The summed E-state index contributed by atoms with van der Waals surface area (Å²) in [5, 5.41) is 8.70. The lowest BCUT2D eigenvalue weighted by Crippen LogP contribution is -2.04. The third kappa shape index (κ3) is 2.49. The van der Waals surface area contributed by atoms with E-state index >= 15 is 0 Å². The number of aromatic nitrogens is 1. The predicted octanol–water partition coefficient (Wildman–Crippen LogP) is 2.99. The standard InChI is InChI=1S/C12H6F3NO3/c13-7-2-1-3-8(10(7)15)19-11-9(14)6(12(17)18)4-5-16-11/h1-5H,(H,17,18). The Balaban J connectivity index is 2.42. The van der Waals surface area contributed by atoms with Gasteiger partial charge in [-0.3, -0.25) is 0 Å². The summed E-state index contributed by atoms with van der Waals surface area (Å²) in [5.74, 6) is -6.61. The van der Waals surface area contributed by atoms with Crippen molar-refractivity contribution in [2.75, 3.05) is 0 Å². The third-order valence-electron chi connectivity index (χ3n) is 2.21. The zero-order chi connectivity index (χ0) is 14.0. The Kier molecular flexibility index (Phi) is 3.37. The molecule has 0 fully saturated rings. The number of nitrogens with zero attached hydrogens (tertiary/aromatic N) is 1. The number of halogens is 3. The van der Waals surface area contributed by atoms with Gasteiger partial charge in [-0.15, -0.1) is 0 Å². The molecular formula is C12H6F3NO3. The molecule has 19 heavy (non-hydrogen) atoms. The Morgan fingerprint density at radius 1 is 1.16 bits per heavy atom. The van der Waals surface area contributed by atoms with Crippen molar-refractivity contribution in [1.29, 1.82) is 0 Å². The van der Waals surface area contributed by atoms with Crippen LogP contribution in [0, 0.1) is 17.5 Å². The largest absolute Gasteiger partial charge is 0.478 e. The second-order valence-electron chi connectivity index (χ2n) is 3.44. The molecule has 1 N–H and O–H groups in total. The topological polar surface area (TPSA) is 59.4 Å². The van der Waals surface area contributed by atoms with Crippen LogP contribution in [0.3, 0.4) is 0 Å². The molecule has 1 heterocycles. The molecule has 4 nitrogen and oxygen atoms in total. The summed E-state index contributed by atoms with van der Waals surface area (Å²) >= 11 is 0. The van der Waals surface area contributed by atoms with Crippen molar-refractivity contribution in [1.82, 2.24) is 4.98 Å². The number of carboxylic acids is 1. The molecule has 98 valence electrons. The summed E-state index contributed by atoms with van der Waals surface area (Å²) < 4.78 is 44.6. The summed E-state index contributed by atoms with van der Waals surface area (Å²) in [6, 6.07) is 4.01. The van der Waals surface area contributed by atoms with Crippen molar-refractivity contribution in [3.63, 3.8) is 0 Å². The average molecular weight is 269 g/mol. The lowest BCUT2D eigenvalue weighted by molar-refractivity contribution is 0.0690. The van der Waals surface area contributed by atoms with Gasteiger partial charge in [-0.2, -0.15) is 4.39 Å². The second kappa shape index (κ2) is 4.97. The maximum Gasteiger partial charge on any atom is 0.338 e. The minimum atomic E-state index is -1.52. The van der Waals surface area contributed by atoms with E-state index in [0.29, 0.717) is 0 Å².